The van der Waals surface area contributed by atoms with Crippen molar-refractivity contribution in [1.82, 2.24) is 4.90 Å². The second-order valence-corrected chi connectivity index (χ2v) is 6.13. The van der Waals surface area contributed by atoms with E-state index in [1.54, 1.807) is 11.9 Å². The zero-order valence-corrected chi connectivity index (χ0v) is 11.2. The van der Waals surface area contributed by atoms with Gasteiger partial charge in [-0.2, -0.15) is 5.26 Å². The van der Waals surface area contributed by atoms with E-state index in [4.69, 9.17) is 5.26 Å². The van der Waals surface area contributed by atoms with Gasteiger partial charge in [-0.1, -0.05) is 27.7 Å². The molecule has 16 heavy (non-hydrogen) atoms. The summed E-state index contributed by atoms with van der Waals surface area (Å²) in [6, 6.07) is 2.16. The van der Waals surface area contributed by atoms with Crippen molar-refractivity contribution in [2.45, 2.75) is 34.6 Å². The van der Waals surface area contributed by atoms with Gasteiger partial charge in [0, 0.05) is 19.5 Å². The Morgan fingerprint density at radius 3 is 2.12 bits per heavy atom. The highest BCUT2D eigenvalue weighted by Gasteiger charge is 2.68. The first-order valence-electron chi connectivity index (χ1n) is 5.81. The highest BCUT2D eigenvalue weighted by atomic mass is 16.2. The molecule has 0 radical (unpaired) electrons. The first-order chi connectivity index (χ1) is 7.16. The van der Waals surface area contributed by atoms with Crippen molar-refractivity contribution >= 4 is 5.91 Å². The molecule has 0 aliphatic heterocycles. The average molecular weight is 222 g/mol. The van der Waals surface area contributed by atoms with Crippen LogP contribution in [0.3, 0.4) is 0 Å². The van der Waals surface area contributed by atoms with Gasteiger partial charge in [-0.15, -0.1) is 0 Å². The maximum Gasteiger partial charge on any atom is 0.226 e. The summed E-state index contributed by atoms with van der Waals surface area (Å²) in [5, 5.41) is 8.74. The van der Waals surface area contributed by atoms with Gasteiger partial charge in [0.1, 0.15) is 0 Å². The second kappa shape index (κ2) is 3.76. The van der Waals surface area contributed by atoms with Crippen LogP contribution in [-0.4, -0.2) is 24.4 Å². The predicted molar refractivity (Wildman–Crippen MR) is 63.5 cm³/mol. The van der Waals surface area contributed by atoms with Gasteiger partial charge in [-0.3, -0.25) is 4.79 Å². The van der Waals surface area contributed by atoms with Gasteiger partial charge in [0.25, 0.3) is 0 Å². The van der Waals surface area contributed by atoms with E-state index in [9.17, 15) is 4.79 Å². The molecule has 3 nitrogen and oxygen atoms in total. The van der Waals surface area contributed by atoms with E-state index in [0.29, 0.717) is 6.54 Å². The molecule has 1 unspecified atom stereocenters. The van der Waals surface area contributed by atoms with Crippen LogP contribution in [0.4, 0.5) is 0 Å². The molecule has 0 N–H and O–H groups in total. The molecule has 0 heterocycles. The summed E-state index contributed by atoms with van der Waals surface area (Å²) >= 11 is 0. The van der Waals surface area contributed by atoms with Crippen LogP contribution in [0.2, 0.25) is 0 Å². The summed E-state index contributed by atoms with van der Waals surface area (Å²) in [5.74, 6) is 0.173. The highest BCUT2D eigenvalue weighted by molar-refractivity contribution is 5.84. The summed E-state index contributed by atoms with van der Waals surface area (Å²) < 4.78 is 0. The minimum atomic E-state index is -0.0982. The van der Waals surface area contributed by atoms with Crippen LogP contribution < -0.4 is 0 Å². The largest absolute Gasteiger partial charge is 0.344 e. The molecule has 0 aromatic carbocycles. The molecule has 0 aromatic rings. The van der Waals surface area contributed by atoms with Crippen LogP contribution in [0, 0.1) is 34.0 Å². The Bertz CT molecular complexity index is 324. The molecular formula is C13H22N2O. The van der Waals surface area contributed by atoms with Crippen LogP contribution in [0.25, 0.3) is 0 Å². The maximum atomic E-state index is 12.2. The number of hydrogen-bond acceptors (Lipinski definition) is 2. The van der Waals surface area contributed by atoms with Gasteiger partial charge < -0.3 is 4.90 Å². The van der Waals surface area contributed by atoms with Crippen LogP contribution in [0.1, 0.15) is 34.6 Å². The van der Waals surface area contributed by atoms with Crippen molar-refractivity contribution in [3.05, 3.63) is 0 Å². The Labute approximate surface area is 98.4 Å². The zero-order chi connectivity index (χ0) is 12.7. The number of rotatable bonds is 3. The quantitative estimate of drug-likeness (QED) is 0.735. The Morgan fingerprint density at radius 2 is 1.81 bits per heavy atom. The Balaban J connectivity index is 2.65. The number of hydrogen-bond donors (Lipinski definition) is 0. The topological polar surface area (TPSA) is 44.1 Å². The van der Waals surface area contributed by atoms with Crippen molar-refractivity contribution in [1.29, 1.82) is 5.26 Å². The normalized spacial score (nSPS) is 23.3. The molecule has 0 saturated heterocycles. The molecule has 1 fully saturated rings. The van der Waals surface area contributed by atoms with Crippen LogP contribution in [0.5, 0.6) is 0 Å². The van der Waals surface area contributed by atoms with Gasteiger partial charge >= 0.3 is 0 Å². The smallest absolute Gasteiger partial charge is 0.226 e. The molecule has 1 saturated carbocycles. The molecule has 1 amide bonds. The van der Waals surface area contributed by atoms with E-state index in [0.717, 1.165) is 0 Å². The summed E-state index contributed by atoms with van der Waals surface area (Å²) in [7, 11) is 1.79. The van der Waals surface area contributed by atoms with Crippen molar-refractivity contribution in [2.24, 2.45) is 22.7 Å². The lowest BCUT2D eigenvalue weighted by molar-refractivity contribution is -0.132. The molecular weight excluding hydrogens is 200 g/mol. The van der Waals surface area contributed by atoms with Crippen molar-refractivity contribution in [3.8, 4) is 6.07 Å². The molecule has 0 spiro atoms. The van der Waals surface area contributed by atoms with E-state index in [-0.39, 0.29) is 28.6 Å². The molecule has 1 rings (SSSR count). The molecule has 0 bridgehead atoms. The third kappa shape index (κ3) is 1.81. The van der Waals surface area contributed by atoms with E-state index in [2.05, 4.69) is 33.8 Å². The standard InChI is InChI=1S/C13H22N2O/c1-9(7-14)8-15(6)11(16)10-12(2,3)13(10,4)5/h9-10H,8H2,1-6H3. The molecule has 1 aliphatic rings. The molecule has 90 valence electrons. The predicted octanol–water partition coefficient (Wildman–Crippen LogP) is 2.29. The number of nitriles is 1. The van der Waals surface area contributed by atoms with Crippen molar-refractivity contribution in [3.63, 3.8) is 0 Å². The van der Waals surface area contributed by atoms with Crippen molar-refractivity contribution in [2.75, 3.05) is 13.6 Å². The first kappa shape index (κ1) is 13.0. The number of carbonyl (C=O) groups excluding carboxylic acids is 1. The minimum Gasteiger partial charge on any atom is -0.344 e. The van der Waals surface area contributed by atoms with E-state index in [1.807, 2.05) is 6.92 Å². The number of nitrogens with zero attached hydrogens (tertiary/aromatic N) is 2. The Hall–Kier alpha value is -1.04. The summed E-state index contributed by atoms with van der Waals surface area (Å²) in [5.41, 5.74) is 0.155. The van der Waals surface area contributed by atoms with Crippen LogP contribution in [-0.2, 0) is 4.79 Å². The summed E-state index contributed by atoms with van der Waals surface area (Å²) in [6.07, 6.45) is 0. The number of carbonyl (C=O) groups is 1. The zero-order valence-electron chi connectivity index (χ0n) is 11.2. The van der Waals surface area contributed by atoms with Crippen LogP contribution >= 0.6 is 0 Å². The molecule has 3 heteroatoms. The Kier molecular flexibility index (Phi) is 3.06. The highest BCUT2D eigenvalue weighted by Crippen LogP contribution is 2.68. The fourth-order valence-corrected chi connectivity index (χ4v) is 2.58. The summed E-state index contributed by atoms with van der Waals surface area (Å²) in [6.45, 7) is 10.9. The molecule has 1 aliphatic carbocycles. The van der Waals surface area contributed by atoms with E-state index in [1.165, 1.54) is 0 Å². The maximum absolute atomic E-state index is 12.2. The molecule has 1 atom stereocenters. The second-order valence-electron chi connectivity index (χ2n) is 6.13. The van der Waals surface area contributed by atoms with Gasteiger partial charge in [-0.05, 0) is 17.8 Å². The fourth-order valence-electron chi connectivity index (χ4n) is 2.58. The average Bonchev–Trinajstić information content (AvgIpc) is 2.56. The van der Waals surface area contributed by atoms with Gasteiger partial charge in [0.2, 0.25) is 5.91 Å². The van der Waals surface area contributed by atoms with Crippen LogP contribution in [0.15, 0.2) is 0 Å². The lowest BCUT2D eigenvalue weighted by Gasteiger charge is -2.19. The third-order valence-corrected chi connectivity index (χ3v) is 4.41. The number of amides is 1. The Morgan fingerprint density at radius 1 is 1.38 bits per heavy atom. The molecule has 0 aromatic heterocycles. The first-order valence-corrected chi connectivity index (χ1v) is 5.81. The van der Waals surface area contributed by atoms with Gasteiger partial charge in [-0.25, -0.2) is 0 Å². The lowest BCUT2D eigenvalue weighted by atomic mass is 10.0. The van der Waals surface area contributed by atoms with Gasteiger partial charge in [0.05, 0.1) is 12.0 Å². The SMILES string of the molecule is CC(C#N)CN(C)C(=O)C1C(C)(C)C1(C)C. The van der Waals surface area contributed by atoms with E-state index < -0.39 is 0 Å². The summed E-state index contributed by atoms with van der Waals surface area (Å²) in [4.78, 5) is 13.9. The minimum absolute atomic E-state index is 0.0776. The van der Waals surface area contributed by atoms with Crippen molar-refractivity contribution < 1.29 is 4.79 Å². The lowest BCUT2D eigenvalue weighted by Crippen LogP contribution is -2.33. The van der Waals surface area contributed by atoms with E-state index >= 15 is 0 Å². The monoisotopic (exact) mass is 222 g/mol. The third-order valence-electron chi connectivity index (χ3n) is 4.41. The van der Waals surface area contributed by atoms with Gasteiger partial charge in [0.15, 0.2) is 0 Å². The fraction of sp³-hybridized carbons (Fsp3) is 0.846.